The van der Waals surface area contributed by atoms with E-state index in [1.165, 1.54) is 0 Å². The van der Waals surface area contributed by atoms with Gasteiger partial charge in [0.25, 0.3) is 0 Å². The first kappa shape index (κ1) is 13.1. The van der Waals surface area contributed by atoms with E-state index in [1.54, 1.807) is 4.90 Å². The highest BCUT2D eigenvalue weighted by molar-refractivity contribution is 5.77. The van der Waals surface area contributed by atoms with Gasteiger partial charge in [-0.25, -0.2) is 4.79 Å². The minimum atomic E-state index is -0.812. The molecule has 1 saturated heterocycles. The van der Waals surface area contributed by atoms with Gasteiger partial charge in [0.1, 0.15) is 0 Å². The highest BCUT2D eigenvalue weighted by atomic mass is 16.5. The summed E-state index contributed by atoms with van der Waals surface area (Å²) in [4.78, 5) is 24.9. The smallest absolute Gasteiger partial charge is 0.318 e. The van der Waals surface area contributed by atoms with Crippen LogP contribution in [0.15, 0.2) is 0 Å². The summed E-state index contributed by atoms with van der Waals surface area (Å²) in [5.74, 6) is -1.25. The number of nitrogens with zero attached hydrogens (tertiary/aromatic N) is 1. The number of aliphatic carboxylic acids is 1. The minimum absolute atomic E-state index is 0.0448. The molecular weight excluding hydrogens is 236 g/mol. The fourth-order valence-electron chi connectivity index (χ4n) is 2.70. The summed E-state index contributed by atoms with van der Waals surface area (Å²) in [6.07, 6.45) is 2.26. The number of ether oxygens (including phenoxy) is 1. The van der Waals surface area contributed by atoms with Crippen LogP contribution < -0.4 is 5.32 Å². The van der Waals surface area contributed by atoms with Crippen molar-refractivity contribution in [2.75, 3.05) is 19.8 Å². The molecular formula is C12H20N2O4. The van der Waals surface area contributed by atoms with Crippen LogP contribution in [0, 0.1) is 5.92 Å². The van der Waals surface area contributed by atoms with Crippen LogP contribution in [0.3, 0.4) is 0 Å². The van der Waals surface area contributed by atoms with E-state index in [1.807, 2.05) is 6.92 Å². The molecule has 3 unspecified atom stereocenters. The molecule has 0 spiro atoms. The Morgan fingerprint density at radius 1 is 1.39 bits per heavy atom. The van der Waals surface area contributed by atoms with Crippen molar-refractivity contribution in [2.24, 2.45) is 5.92 Å². The van der Waals surface area contributed by atoms with E-state index < -0.39 is 11.9 Å². The number of urea groups is 1. The lowest BCUT2D eigenvalue weighted by atomic mass is 10.0. The molecule has 0 aromatic rings. The standard InChI is InChI=1S/C12H20N2O4/c1-8-7-18-6-5-14(8)12(17)13-10-4-2-3-9(10)11(15)16/h8-10H,2-7H2,1H3,(H,13,17)(H,15,16). The van der Waals surface area contributed by atoms with Gasteiger partial charge in [0.15, 0.2) is 0 Å². The lowest BCUT2D eigenvalue weighted by molar-refractivity contribution is -0.142. The number of rotatable bonds is 2. The normalized spacial score (nSPS) is 32.3. The van der Waals surface area contributed by atoms with Crippen LogP contribution in [-0.4, -0.2) is 53.8 Å². The second-order valence-corrected chi connectivity index (χ2v) is 5.05. The molecule has 2 N–H and O–H groups in total. The van der Waals surface area contributed by atoms with Gasteiger partial charge in [-0.1, -0.05) is 6.42 Å². The van der Waals surface area contributed by atoms with Crippen LogP contribution in [-0.2, 0) is 9.53 Å². The molecule has 2 fully saturated rings. The molecule has 0 aromatic carbocycles. The molecule has 6 nitrogen and oxygen atoms in total. The van der Waals surface area contributed by atoms with Crippen LogP contribution in [0.4, 0.5) is 4.79 Å². The largest absolute Gasteiger partial charge is 0.481 e. The average Bonchev–Trinajstić information content (AvgIpc) is 2.77. The van der Waals surface area contributed by atoms with E-state index in [2.05, 4.69) is 5.32 Å². The van der Waals surface area contributed by atoms with Gasteiger partial charge in [-0.3, -0.25) is 4.79 Å². The highest BCUT2D eigenvalue weighted by Crippen LogP contribution is 2.26. The number of hydrogen-bond acceptors (Lipinski definition) is 3. The summed E-state index contributed by atoms with van der Waals surface area (Å²) in [5.41, 5.74) is 0. The number of nitrogens with one attached hydrogen (secondary N) is 1. The first-order valence-corrected chi connectivity index (χ1v) is 6.47. The number of carboxylic acids is 1. The van der Waals surface area contributed by atoms with E-state index in [-0.39, 0.29) is 18.1 Å². The number of amides is 2. The van der Waals surface area contributed by atoms with Crippen molar-refractivity contribution in [3.8, 4) is 0 Å². The van der Waals surface area contributed by atoms with Crippen LogP contribution in [0.25, 0.3) is 0 Å². The van der Waals surface area contributed by atoms with Crippen LogP contribution in [0.1, 0.15) is 26.2 Å². The molecule has 18 heavy (non-hydrogen) atoms. The van der Waals surface area contributed by atoms with Gasteiger partial charge in [-0.15, -0.1) is 0 Å². The SMILES string of the molecule is CC1COCCN1C(=O)NC1CCCC1C(=O)O. The maximum atomic E-state index is 12.1. The van der Waals surface area contributed by atoms with E-state index in [0.29, 0.717) is 26.2 Å². The monoisotopic (exact) mass is 256 g/mol. The average molecular weight is 256 g/mol. The number of carbonyl (C=O) groups is 2. The number of morpholine rings is 1. The maximum Gasteiger partial charge on any atom is 0.318 e. The summed E-state index contributed by atoms with van der Waals surface area (Å²) in [5, 5.41) is 11.9. The third-order valence-electron chi connectivity index (χ3n) is 3.77. The number of hydrogen-bond donors (Lipinski definition) is 2. The molecule has 2 amide bonds. The van der Waals surface area contributed by atoms with Crippen molar-refractivity contribution in [2.45, 2.75) is 38.3 Å². The maximum absolute atomic E-state index is 12.1. The molecule has 1 heterocycles. The highest BCUT2D eigenvalue weighted by Gasteiger charge is 2.35. The Hall–Kier alpha value is -1.30. The van der Waals surface area contributed by atoms with Crippen molar-refractivity contribution in [1.82, 2.24) is 10.2 Å². The van der Waals surface area contributed by atoms with Crippen LogP contribution >= 0.6 is 0 Å². The molecule has 2 rings (SSSR count). The fraction of sp³-hybridized carbons (Fsp3) is 0.833. The molecule has 3 atom stereocenters. The quantitative estimate of drug-likeness (QED) is 0.761. The lowest BCUT2D eigenvalue weighted by Crippen LogP contribution is -2.54. The van der Waals surface area contributed by atoms with Gasteiger partial charge < -0.3 is 20.1 Å². The third-order valence-corrected chi connectivity index (χ3v) is 3.77. The molecule has 6 heteroatoms. The molecule has 0 bridgehead atoms. The van der Waals surface area contributed by atoms with E-state index in [9.17, 15) is 9.59 Å². The van der Waals surface area contributed by atoms with E-state index in [4.69, 9.17) is 9.84 Å². The summed E-state index contributed by atoms with van der Waals surface area (Å²) in [6, 6.07) is -0.350. The second-order valence-electron chi connectivity index (χ2n) is 5.05. The zero-order chi connectivity index (χ0) is 13.1. The summed E-state index contributed by atoms with van der Waals surface area (Å²) in [7, 11) is 0. The fourth-order valence-corrected chi connectivity index (χ4v) is 2.70. The summed E-state index contributed by atoms with van der Waals surface area (Å²) < 4.78 is 5.28. The Morgan fingerprint density at radius 2 is 2.17 bits per heavy atom. The van der Waals surface area contributed by atoms with Crippen molar-refractivity contribution >= 4 is 12.0 Å². The van der Waals surface area contributed by atoms with E-state index >= 15 is 0 Å². The summed E-state index contributed by atoms with van der Waals surface area (Å²) in [6.45, 7) is 3.59. The Kier molecular flexibility index (Phi) is 4.06. The van der Waals surface area contributed by atoms with Gasteiger partial charge in [-0.2, -0.15) is 0 Å². The van der Waals surface area contributed by atoms with Crippen molar-refractivity contribution in [1.29, 1.82) is 0 Å². The number of carboxylic acid groups (broad SMARTS) is 1. The molecule has 0 radical (unpaired) electrons. The molecule has 1 saturated carbocycles. The van der Waals surface area contributed by atoms with Gasteiger partial charge in [0.05, 0.1) is 25.2 Å². The first-order valence-electron chi connectivity index (χ1n) is 6.47. The van der Waals surface area contributed by atoms with Gasteiger partial charge in [0.2, 0.25) is 0 Å². The topological polar surface area (TPSA) is 78.9 Å². The first-order chi connectivity index (χ1) is 8.59. The Labute approximate surface area is 106 Å². The Bertz CT molecular complexity index is 334. The van der Waals surface area contributed by atoms with Crippen molar-refractivity contribution in [3.63, 3.8) is 0 Å². The molecule has 1 aliphatic heterocycles. The van der Waals surface area contributed by atoms with Gasteiger partial charge in [-0.05, 0) is 19.8 Å². The summed E-state index contributed by atoms with van der Waals surface area (Å²) >= 11 is 0. The zero-order valence-corrected chi connectivity index (χ0v) is 10.6. The zero-order valence-electron chi connectivity index (χ0n) is 10.6. The molecule has 1 aliphatic carbocycles. The third kappa shape index (κ3) is 2.75. The van der Waals surface area contributed by atoms with Crippen LogP contribution in [0.5, 0.6) is 0 Å². The predicted octanol–water partition coefficient (Wildman–Crippen LogP) is 0.670. The van der Waals surface area contributed by atoms with Crippen molar-refractivity contribution in [3.05, 3.63) is 0 Å². The van der Waals surface area contributed by atoms with Gasteiger partial charge in [0, 0.05) is 12.6 Å². The van der Waals surface area contributed by atoms with Gasteiger partial charge >= 0.3 is 12.0 Å². The number of carbonyl (C=O) groups excluding carboxylic acids is 1. The van der Waals surface area contributed by atoms with E-state index in [0.717, 1.165) is 12.8 Å². The molecule has 2 aliphatic rings. The lowest BCUT2D eigenvalue weighted by Gasteiger charge is -2.34. The minimum Gasteiger partial charge on any atom is -0.481 e. The Morgan fingerprint density at radius 3 is 2.83 bits per heavy atom. The second kappa shape index (κ2) is 5.56. The Balaban J connectivity index is 1.92. The van der Waals surface area contributed by atoms with Crippen LogP contribution in [0.2, 0.25) is 0 Å². The molecule has 0 aromatic heterocycles. The predicted molar refractivity (Wildman–Crippen MR) is 64.3 cm³/mol. The molecule has 102 valence electrons. The van der Waals surface area contributed by atoms with Crippen molar-refractivity contribution < 1.29 is 19.4 Å².